The fraction of sp³-hybridized carbons (Fsp3) is 0.714. The van der Waals surface area contributed by atoms with Crippen LogP contribution in [-0.2, 0) is 23.7 Å². The Morgan fingerprint density at radius 2 is 1.65 bits per heavy atom. The molecule has 0 radical (unpaired) electrons. The molecule has 0 aliphatic rings. The minimum Gasteiger partial charge on any atom is -0.480 e. The SMILES string of the molecule is CCP(=O)(CC)N[C@@H](CCC(=O)N[C@@H](CS)C(=O)NCC(=O)O)C(=O)O. The average Bonchev–Trinajstić information content (AvgIpc) is 2.60. The van der Waals surface area contributed by atoms with Gasteiger partial charge in [-0.25, -0.2) is 0 Å². The minimum atomic E-state index is -2.81. The van der Waals surface area contributed by atoms with Crippen molar-refractivity contribution in [1.82, 2.24) is 15.7 Å². The van der Waals surface area contributed by atoms with Crippen molar-refractivity contribution in [2.45, 2.75) is 38.8 Å². The van der Waals surface area contributed by atoms with Gasteiger partial charge >= 0.3 is 11.9 Å². The lowest BCUT2D eigenvalue weighted by Crippen LogP contribution is -2.49. The van der Waals surface area contributed by atoms with E-state index in [2.05, 4.69) is 28.3 Å². The zero-order chi connectivity index (χ0) is 20.3. The summed E-state index contributed by atoms with van der Waals surface area (Å²) in [6.45, 7) is 2.79. The van der Waals surface area contributed by atoms with Gasteiger partial charge in [0.15, 0.2) is 0 Å². The van der Waals surface area contributed by atoms with E-state index in [1.807, 2.05) is 0 Å². The number of hydrogen-bond acceptors (Lipinski definition) is 6. The molecule has 0 spiro atoms. The number of amides is 2. The molecule has 0 unspecified atom stereocenters. The summed E-state index contributed by atoms with van der Waals surface area (Å²) >= 11 is 3.93. The van der Waals surface area contributed by atoms with Gasteiger partial charge in [-0.1, -0.05) is 13.8 Å². The second-order valence-electron chi connectivity index (χ2n) is 5.49. The van der Waals surface area contributed by atoms with Gasteiger partial charge < -0.3 is 25.4 Å². The highest BCUT2D eigenvalue weighted by atomic mass is 32.1. The van der Waals surface area contributed by atoms with E-state index in [-0.39, 0.29) is 18.6 Å². The van der Waals surface area contributed by atoms with Crippen LogP contribution in [0.3, 0.4) is 0 Å². The summed E-state index contributed by atoms with van der Waals surface area (Å²) < 4.78 is 12.4. The topological polar surface area (TPSA) is 162 Å². The van der Waals surface area contributed by atoms with E-state index in [0.29, 0.717) is 12.3 Å². The molecule has 0 rings (SSSR count). The van der Waals surface area contributed by atoms with E-state index in [1.165, 1.54) is 0 Å². The van der Waals surface area contributed by atoms with Crippen molar-refractivity contribution in [2.24, 2.45) is 0 Å². The zero-order valence-electron chi connectivity index (χ0n) is 14.7. The molecule has 0 heterocycles. The minimum absolute atomic E-state index is 0.0569. The van der Waals surface area contributed by atoms with Gasteiger partial charge in [0, 0.05) is 24.5 Å². The fourth-order valence-electron chi connectivity index (χ4n) is 1.96. The maximum atomic E-state index is 12.4. The van der Waals surface area contributed by atoms with Gasteiger partial charge in [0.05, 0.1) is 0 Å². The number of hydrogen-bond donors (Lipinski definition) is 6. The third kappa shape index (κ3) is 9.21. The van der Waals surface area contributed by atoms with Gasteiger partial charge in [0.2, 0.25) is 11.8 Å². The van der Waals surface area contributed by atoms with Crippen molar-refractivity contribution in [1.29, 1.82) is 0 Å². The molecule has 5 N–H and O–H groups in total. The average molecular weight is 411 g/mol. The molecular formula is C14H26N3O7PS. The standard InChI is InChI=1S/C14H26N3O7PS/c1-3-25(24,4-2)17-9(14(22)23)5-6-11(18)16-10(8-26)13(21)15-7-12(19)20/h9-10,26H,3-8H2,1-2H3,(H,15,21)(H,16,18)(H,17,24)(H,19,20)(H,22,23)/t9-,10-/m0/s1. The van der Waals surface area contributed by atoms with Gasteiger partial charge in [-0.2, -0.15) is 12.6 Å². The van der Waals surface area contributed by atoms with Gasteiger partial charge in [-0.05, 0) is 6.42 Å². The largest absolute Gasteiger partial charge is 0.480 e. The first-order valence-electron chi connectivity index (χ1n) is 8.06. The van der Waals surface area contributed by atoms with Crippen LogP contribution in [0.15, 0.2) is 0 Å². The number of rotatable bonds is 13. The van der Waals surface area contributed by atoms with Crippen LogP contribution in [0.25, 0.3) is 0 Å². The van der Waals surface area contributed by atoms with Crippen LogP contribution in [0.4, 0.5) is 0 Å². The summed E-state index contributed by atoms with van der Waals surface area (Å²) in [5, 5.41) is 24.9. The van der Waals surface area contributed by atoms with Gasteiger partial charge in [-0.15, -0.1) is 0 Å². The van der Waals surface area contributed by atoms with E-state index >= 15 is 0 Å². The lowest BCUT2D eigenvalue weighted by Gasteiger charge is -2.22. The smallest absolute Gasteiger partial charge is 0.322 e. The lowest BCUT2D eigenvalue weighted by atomic mass is 10.1. The maximum absolute atomic E-state index is 12.4. The highest BCUT2D eigenvalue weighted by Gasteiger charge is 2.27. The highest BCUT2D eigenvalue weighted by Crippen LogP contribution is 2.40. The molecule has 0 aromatic heterocycles. The molecule has 2 amide bonds. The van der Waals surface area contributed by atoms with Crippen molar-refractivity contribution in [3.8, 4) is 0 Å². The Balaban J connectivity index is 4.67. The van der Waals surface area contributed by atoms with E-state index in [0.717, 1.165) is 0 Å². The Morgan fingerprint density at radius 1 is 1.08 bits per heavy atom. The van der Waals surface area contributed by atoms with Crippen LogP contribution in [0, 0.1) is 0 Å². The number of thiol groups is 1. The number of carbonyl (C=O) groups is 4. The molecule has 150 valence electrons. The third-order valence-corrected chi connectivity index (χ3v) is 6.81. The predicted octanol–water partition coefficient (Wildman–Crippen LogP) is -0.257. The summed E-state index contributed by atoms with van der Waals surface area (Å²) in [5.41, 5.74) is 0. The molecule has 0 aliphatic carbocycles. The van der Waals surface area contributed by atoms with Crippen LogP contribution in [0.5, 0.6) is 0 Å². The van der Waals surface area contributed by atoms with Crippen LogP contribution < -0.4 is 15.7 Å². The lowest BCUT2D eigenvalue weighted by molar-refractivity contribution is -0.139. The Hall–Kier alpha value is -1.58. The molecule has 10 nitrogen and oxygen atoms in total. The molecule has 0 fully saturated rings. The summed E-state index contributed by atoms with van der Waals surface area (Å²) in [5.74, 6) is -3.80. The molecule has 0 saturated carbocycles. The molecule has 2 atom stereocenters. The number of aliphatic carboxylic acids is 2. The Morgan fingerprint density at radius 3 is 2.08 bits per heavy atom. The quantitative estimate of drug-likeness (QED) is 0.178. The molecule has 0 aliphatic heterocycles. The molecular weight excluding hydrogens is 385 g/mol. The predicted molar refractivity (Wildman–Crippen MR) is 98.9 cm³/mol. The van der Waals surface area contributed by atoms with Crippen LogP contribution >= 0.6 is 19.9 Å². The van der Waals surface area contributed by atoms with Gasteiger partial charge in [0.25, 0.3) is 0 Å². The highest BCUT2D eigenvalue weighted by molar-refractivity contribution is 7.80. The summed E-state index contributed by atoms with van der Waals surface area (Å²) in [6.07, 6.45) is 0.269. The zero-order valence-corrected chi connectivity index (χ0v) is 16.5. The summed E-state index contributed by atoms with van der Waals surface area (Å²) in [6, 6.07) is -2.19. The Labute approximate surface area is 157 Å². The Bertz CT molecular complexity index is 565. The summed E-state index contributed by atoms with van der Waals surface area (Å²) in [4.78, 5) is 45.4. The van der Waals surface area contributed by atoms with E-state index in [9.17, 15) is 28.8 Å². The normalized spacial score (nSPS) is 13.5. The van der Waals surface area contributed by atoms with Gasteiger partial charge in [-0.3, -0.25) is 24.3 Å². The van der Waals surface area contributed by atoms with Crippen molar-refractivity contribution >= 4 is 43.7 Å². The first-order valence-corrected chi connectivity index (χ1v) is 10.8. The maximum Gasteiger partial charge on any atom is 0.322 e. The second kappa shape index (κ2) is 11.9. The number of nitrogens with one attached hydrogen (secondary N) is 3. The number of carboxylic acids is 2. The van der Waals surface area contributed by atoms with Crippen molar-refractivity contribution in [3.05, 3.63) is 0 Å². The van der Waals surface area contributed by atoms with Crippen LogP contribution in [-0.4, -0.2) is 70.7 Å². The first-order chi connectivity index (χ1) is 12.1. The number of carboxylic acid groups (broad SMARTS) is 2. The second-order valence-corrected chi connectivity index (χ2v) is 9.16. The van der Waals surface area contributed by atoms with Gasteiger partial charge in [0.1, 0.15) is 25.9 Å². The first kappa shape index (κ1) is 24.4. The molecule has 26 heavy (non-hydrogen) atoms. The molecule has 0 saturated heterocycles. The molecule has 0 aromatic carbocycles. The molecule has 0 aromatic rings. The molecule has 12 heteroatoms. The van der Waals surface area contributed by atoms with Crippen molar-refractivity contribution in [2.75, 3.05) is 24.6 Å². The van der Waals surface area contributed by atoms with E-state index in [4.69, 9.17) is 5.11 Å². The number of carbonyl (C=O) groups excluding carboxylic acids is 2. The van der Waals surface area contributed by atoms with E-state index in [1.54, 1.807) is 13.8 Å². The van der Waals surface area contributed by atoms with E-state index < -0.39 is 49.7 Å². The third-order valence-electron chi connectivity index (χ3n) is 3.62. The van der Waals surface area contributed by atoms with Crippen LogP contribution in [0.2, 0.25) is 0 Å². The monoisotopic (exact) mass is 411 g/mol. The van der Waals surface area contributed by atoms with Crippen LogP contribution in [0.1, 0.15) is 26.7 Å². The summed E-state index contributed by atoms with van der Waals surface area (Å²) in [7, 11) is -2.81. The fourth-order valence-corrected chi connectivity index (χ4v) is 3.83. The molecule has 0 bridgehead atoms. The van der Waals surface area contributed by atoms with Crippen molar-refractivity contribution < 1.29 is 34.0 Å². The van der Waals surface area contributed by atoms with Crippen molar-refractivity contribution in [3.63, 3.8) is 0 Å². The Kier molecular flexibility index (Phi) is 11.2.